The molecule has 0 saturated heterocycles. The first-order valence-corrected chi connectivity index (χ1v) is 5.36. The van der Waals surface area contributed by atoms with E-state index in [1.54, 1.807) is 4.90 Å². The largest absolute Gasteiger partial charge is 0.345 e. The minimum atomic E-state index is 0. The van der Waals surface area contributed by atoms with Gasteiger partial charge in [-0.25, -0.2) is 0 Å². The zero-order valence-electron chi connectivity index (χ0n) is 10.5. The highest BCUT2D eigenvalue weighted by molar-refractivity contribution is 5.85. The van der Waals surface area contributed by atoms with E-state index in [4.69, 9.17) is 5.73 Å². The molecule has 0 aliphatic heterocycles. The van der Waals surface area contributed by atoms with Gasteiger partial charge in [-0.15, -0.1) is 12.4 Å². The fourth-order valence-corrected chi connectivity index (χ4v) is 1.23. The van der Waals surface area contributed by atoms with E-state index in [1.807, 2.05) is 20.9 Å². The van der Waals surface area contributed by atoms with Crippen LogP contribution in [0.3, 0.4) is 0 Å². The number of nitrogens with zero attached hydrogens (tertiary/aromatic N) is 1. The summed E-state index contributed by atoms with van der Waals surface area (Å²) < 4.78 is 0. The van der Waals surface area contributed by atoms with E-state index in [-0.39, 0.29) is 30.3 Å². The Balaban J connectivity index is 0. The molecule has 0 rings (SSSR count). The van der Waals surface area contributed by atoms with E-state index in [2.05, 4.69) is 13.8 Å². The molecule has 0 spiro atoms. The first-order chi connectivity index (χ1) is 6.36. The highest BCUT2D eigenvalue weighted by Crippen LogP contribution is 2.05. The van der Waals surface area contributed by atoms with Gasteiger partial charge in [-0.1, -0.05) is 27.7 Å². The van der Waals surface area contributed by atoms with Gasteiger partial charge in [-0.2, -0.15) is 0 Å². The molecule has 0 aromatic carbocycles. The predicted octanol–water partition coefficient (Wildman–Crippen LogP) is 1.90. The molecule has 0 saturated carbocycles. The van der Waals surface area contributed by atoms with Gasteiger partial charge in [0.05, 0.1) is 0 Å². The normalized spacial score (nSPS) is 12.5. The van der Waals surface area contributed by atoms with Gasteiger partial charge in [-0.05, 0) is 12.3 Å². The summed E-state index contributed by atoms with van der Waals surface area (Å²) in [6.45, 7) is 8.81. The van der Waals surface area contributed by atoms with Crippen LogP contribution in [0.5, 0.6) is 0 Å². The van der Waals surface area contributed by atoms with Crippen molar-refractivity contribution in [2.45, 2.75) is 40.2 Å². The van der Waals surface area contributed by atoms with Crippen LogP contribution in [-0.4, -0.2) is 30.4 Å². The number of amides is 1. The standard InChI is InChI=1S/C11H24N2O.ClH/c1-8(2)10(12)6-7-13(5)11(14)9(3)4;/h8-10H,6-7,12H2,1-5H3;1H. The first kappa shape index (κ1) is 17.1. The lowest BCUT2D eigenvalue weighted by Gasteiger charge is -2.22. The van der Waals surface area contributed by atoms with Crippen LogP contribution in [0.15, 0.2) is 0 Å². The Kier molecular flexibility index (Phi) is 9.07. The van der Waals surface area contributed by atoms with Crippen molar-refractivity contribution in [2.24, 2.45) is 17.6 Å². The van der Waals surface area contributed by atoms with Gasteiger partial charge in [0.15, 0.2) is 0 Å². The minimum absolute atomic E-state index is 0. The summed E-state index contributed by atoms with van der Waals surface area (Å²) in [5.41, 5.74) is 5.90. The zero-order chi connectivity index (χ0) is 11.3. The summed E-state index contributed by atoms with van der Waals surface area (Å²) in [7, 11) is 1.84. The fourth-order valence-electron chi connectivity index (χ4n) is 1.23. The number of hydrogen-bond acceptors (Lipinski definition) is 2. The number of carbonyl (C=O) groups excluding carboxylic acids is 1. The average molecular weight is 237 g/mol. The van der Waals surface area contributed by atoms with Gasteiger partial charge in [-0.3, -0.25) is 4.79 Å². The molecule has 1 atom stereocenters. The SMILES string of the molecule is CC(C)C(=O)N(C)CCC(N)C(C)C.Cl. The molecule has 15 heavy (non-hydrogen) atoms. The third kappa shape index (κ3) is 6.74. The highest BCUT2D eigenvalue weighted by Gasteiger charge is 2.14. The van der Waals surface area contributed by atoms with Gasteiger partial charge in [0, 0.05) is 25.6 Å². The quantitative estimate of drug-likeness (QED) is 0.793. The van der Waals surface area contributed by atoms with E-state index in [9.17, 15) is 4.79 Å². The molecule has 0 radical (unpaired) electrons. The van der Waals surface area contributed by atoms with Crippen molar-refractivity contribution in [1.29, 1.82) is 0 Å². The highest BCUT2D eigenvalue weighted by atomic mass is 35.5. The van der Waals surface area contributed by atoms with Crippen LogP contribution in [0.4, 0.5) is 0 Å². The summed E-state index contributed by atoms with van der Waals surface area (Å²) >= 11 is 0. The Bertz CT molecular complexity index is 183. The van der Waals surface area contributed by atoms with Crippen LogP contribution in [0, 0.1) is 11.8 Å². The summed E-state index contributed by atoms with van der Waals surface area (Å²) in [5.74, 6) is 0.758. The van der Waals surface area contributed by atoms with E-state index in [0.717, 1.165) is 13.0 Å². The number of nitrogens with two attached hydrogens (primary N) is 1. The van der Waals surface area contributed by atoms with Crippen molar-refractivity contribution < 1.29 is 4.79 Å². The predicted molar refractivity (Wildman–Crippen MR) is 67.2 cm³/mol. The molecule has 1 unspecified atom stereocenters. The van der Waals surface area contributed by atoms with Crippen molar-refractivity contribution in [3.05, 3.63) is 0 Å². The van der Waals surface area contributed by atoms with Crippen molar-refractivity contribution in [3.8, 4) is 0 Å². The van der Waals surface area contributed by atoms with Crippen molar-refractivity contribution in [2.75, 3.05) is 13.6 Å². The second-order valence-electron chi connectivity index (χ2n) is 4.61. The van der Waals surface area contributed by atoms with Crippen LogP contribution in [0.2, 0.25) is 0 Å². The number of hydrogen-bond donors (Lipinski definition) is 1. The van der Waals surface area contributed by atoms with E-state index in [1.165, 1.54) is 0 Å². The van der Waals surface area contributed by atoms with Crippen molar-refractivity contribution >= 4 is 18.3 Å². The van der Waals surface area contributed by atoms with Crippen LogP contribution in [0.25, 0.3) is 0 Å². The maximum absolute atomic E-state index is 11.5. The third-order valence-electron chi connectivity index (χ3n) is 2.52. The molecular formula is C11H25ClN2O. The minimum Gasteiger partial charge on any atom is -0.345 e. The molecule has 0 aromatic rings. The molecule has 0 fully saturated rings. The smallest absolute Gasteiger partial charge is 0.224 e. The Hall–Kier alpha value is -0.280. The summed E-state index contributed by atoms with van der Waals surface area (Å²) in [6.07, 6.45) is 0.882. The average Bonchev–Trinajstić information content (AvgIpc) is 2.11. The molecule has 2 N–H and O–H groups in total. The first-order valence-electron chi connectivity index (χ1n) is 5.36. The van der Waals surface area contributed by atoms with Gasteiger partial charge < -0.3 is 10.6 Å². The molecular weight excluding hydrogens is 212 g/mol. The molecule has 0 aliphatic carbocycles. The summed E-state index contributed by atoms with van der Waals surface area (Å²) in [6, 6.07) is 0.192. The molecule has 0 bridgehead atoms. The lowest BCUT2D eigenvalue weighted by Crippen LogP contribution is -2.36. The van der Waals surface area contributed by atoms with Gasteiger partial charge >= 0.3 is 0 Å². The number of halogens is 1. The van der Waals surface area contributed by atoms with E-state index >= 15 is 0 Å². The van der Waals surface area contributed by atoms with Gasteiger partial charge in [0.25, 0.3) is 0 Å². The Morgan fingerprint density at radius 3 is 2.07 bits per heavy atom. The monoisotopic (exact) mass is 236 g/mol. The maximum atomic E-state index is 11.5. The molecule has 0 aromatic heterocycles. The van der Waals surface area contributed by atoms with Crippen LogP contribution < -0.4 is 5.73 Å². The van der Waals surface area contributed by atoms with Gasteiger partial charge in [0.1, 0.15) is 0 Å². The second kappa shape index (κ2) is 7.94. The Morgan fingerprint density at radius 2 is 1.73 bits per heavy atom. The molecule has 1 amide bonds. The number of rotatable bonds is 5. The van der Waals surface area contributed by atoms with E-state index < -0.39 is 0 Å². The summed E-state index contributed by atoms with van der Waals surface area (Å²) in [5, 5.41) is 0. The van der Waals surface area contributed by atoms with Crippen molar-refractivity contribution in [3.63, 3.8) is 0 Å². The Labute approximate surface area is 99.8 Å². The molecule has 4 heteroatoms. The fraction of sp³-hybridized carbons (Fsp3) is 0.909. The maximum Gasteiger partial charge on any atom is 0.224 e. The van der Waals surface area contributed by atoms with Crippen LogP contribution in [-0.2, 0) is 4.79 Å². The summed E-state index contributed by atoms with van der Waals surface area (Å²) in [4.78, 5) is 13.3. The Morgan fingerprint density at radius 1 is 1.27 bits per heavy atom. The molecule has 0 aliphatic rings. The topological polar surface area (TPSA) is 46.3 Å². The molecule has 92 valence electrons. The van der Waals surface area contributed by atoms with Crippen LogP contribution >= 0.6 is 12.4 Å². The van der Waals surface area contributed by atoms with Gasteiger partial charge in [0.2, 0.25) is 5.91 Å². The van der Waals surface area contributed by atoms with Crippen LogP contribution in [0.1, 0.15) is 34.1 Å². The number of carbonyl (C=O) groups is 1. The second-order valence-corrected chi connectivity index (χ2v) is 4.61. The van der Waals surface area contributed by atoms with E-state index in [0.29, 0.717) is 5.92 Å². The lowest BCUT2D eigenvalue weighted by atomic mass is 10.0. The third-order valence-corrected chi connectivity index (χ3v) is 2.52. The van der Waals surface area contributed by atoms with Crippen molar-refractivity contribution in [1.82, 2.24) is 4.90 Å². The molecule has 3 nitrogen and oxygen atoms in total. The lowest BCUT2D eigenvalue weighted by molar-refractivity contribution is -0.133. The zero-order valence-corrected chi connectivity index (χ0v) is 11.3. The molecule has 0 heterocycles.